The monoisotopic (exact) mass is 318 g/mol. The molecule has 0 aromatic heterocycles. The first-order valence-electron chi connectivity index (χ1n) is 6.62. The molecule has 1 saturated heterocycles. The van der Waals surface area contributed by atoms with Gasteiger partial charge in [0, 0.05) is 42.4 Å². The van der Waals surface area contributed by atoms with Crippen LogP contribution in [-0.4, -0.2) is 41.9 Å². The Kier molecular flexibility index (Phi) is 4.70. The number of hydrogen-bond acceptors (Lipinski definition) is 3. The zero-order valence-corrected chi connectivity index (χ0v) is 12.6. The van der Waals surface area contributed by atoms with E-state index in [0.717, 1.165) is 17.6 Å². The predicted octanol–water partition coefficient (Wildman–Crippen LogP) is 3.32. The van der Waals surface area contributed by atoms with Crippen LogP contribution in [0.15, 0.2) is 18.2 Å². The second-order valence-electron chi connectivity index (χ2n) is 4.93. The van der Waals surface area contributed by atoms with Crippen molar-refractivity contribution in [3.63, 3.8) is 0 Å². The summed E-state index contributed by atoms with van der Waals surface area (Å²) in [4.78, 5) is 14.1. The minimum atomic E-state index is -4.49. The van der Waals surface area contributed by atoms with Crippen LogP contribution in [0.5, 0.6) is 0 Å². The maximum absolute atomic E-state index is 13.0. The highest BCUT2D eigenvalue weighted by atomic mass is 32.2. The molecular weight excluding hydrogens is 301 g/mol. The minimum Gasteiger partial charge on any atom is -0.388 e. The molecule has 3 nitrogen and oxygen atoms in total. The zero-order chi connectivity index (χ0) is 15.6. The normalized spacial score (nSPS) is 19.5. The summed E-state index contributed by atoms with van der Waals surface area (Å²) in [5, 5.41) is 2.51. The first kappa shape index (κ1) is 16.0. The number of halogens is 3. The molecule has 1 aliphatic rings. The Morgan fingerprint density at radius 2 is 2.14 bits per heavy atom. The number of carbonyl (C=O) groups excluding carboxylic acids is 1. The smallest absolute Gasteiger partial charge is 0.388 e. The number of benzene rings is 1. The highest BCUT2D eigenvalue weighted by Crippen LogP contribution is 2.35. The molecule has 1 unspecified atom stereocenters. The highest BCUT2D eigenvalue weighted by molar-refractivity contribution is 7.99. The van der Waals surface area contributed by atoms with Gasteiger partial charge in [0.25, 0.3) is 5.91 Å². The molecule has 0 spiro atoms. The third kappa shape index (κ3) is 3.45. The van der Waals surface area contributed by atoms with Crippen LogP contribution in [0.1, 0.15) is 22.8 Å². The van der Waals surface area contributed by atoms with Gasteiger partial charge in [-0.1, -0.05) is 0 Å². The van der Waals surface area contributed by atoms with E-state index in [2.05, 4.69) is 5.32 Å². The Bertz CT molecular complexity index is 533. The fourth-order valence-electron chi connectivity index (χ4n) is 2.32. The van der Waals surface area contributed by atoms with Crippen LogP contribution in [-0.2, 0) is 6.18 Å². The average Bonchev–Trinajstić information content (AvgIpc) is 2.45. The maximum atomic E-state index is 13.0. The van der Waals surface area contributed by atoms with E-state index in [1.807, 2.05) is 6.92 Å². The molecule has 1 aromatic rings. The first-order valence-corrected chi connectivity index (χ1v) is 7.77. The predicted molar refractivity (Wildman–Crippen MR) is 78.8 cm³/mol. The molecule has 7 heteroatoms. The Hall–Kier alpha value is -1.37. The van der Waals surface area contributed by atoms with Gasteiger partial charge in [0.2, 0.25) is 0 Å². The lowest BCUT2D eigenvalue weighted by molar-refractivity contribution is -0.136. The van der Waals surface area contributed by atoms with E-state index in [0.29, 0.717) is 6.54 Å². The Balaban J connectivity index is 2.34. The largest absolute Gasteiger partial charge is 0.418 e. The lowest BCUT2D eigenvalue weighted by Gasteiger charge is -2.33. The van der Waals surface area contributed by atoms with Gasteiger partial charge in [0.05, 0.1) is 5.56 Å². The van der Waals surface area contributed by atoms with Crippen molar-refractivity contribution in [2.24, 2.45) is 0 Å². The molecule has 21 heavy (non-hydrogen) atoms. The number of nitrogens with zero attached hydrogens (tertiary/aromatic N) is 1. The van der Waals surface area contributed by atoms with E-state index in [1.54, 1.807) is 16.7 Å². The fourth-order valence-corrected chi connectivity index (χ4v) is 3.34. The van der Waals surface area contributed by atoms with Crippen molar-refractivity contribution in [2.45, 2.75) is 19.1 Å². The molecule has 116 valence electrons. The number of nitrogens with one attached hydrogen (secondary N) is 1. The third-order valence-corrected chi connectivity index (χ3v) is 4.66. The summed E-state index contributed by atoms with van der Waals surface area (Å²) in [6, 6.07) is 3.72. The van der Waals surface area contributed by atoms with Gasteiger partial charge in [0.1, 0.15) is 0 Å². The summed E-state index contributed by atoms with van der Waals surface area (Å²) in [7, 11) is 1.43. The average molecular weight is 318 g/mol. The van der Waals surface area contributed by atoms with E-state index >= 15 is 0 Å². The molecule has 1 atom stereocenters. The van der Waals surface area contributed by atoms with Crippen molar-refractivity contribution in [1.29, 1.82) is 0 Å². The Morgan fingerprint density at radius 1 is 1.43 bits per heavy atom. The Labute approximate surface area is 125 Å². The van der Waals surface area contributed by atoms with Crippen molar-refractivity contribution in [3.05, 3.63) is 29.3 Å². The maximum Gasteiger partial charge on any atom is 0.418 e. The van der Waals surface area contributed by atoms with E-state index in [9.17, 15) is 18.0 Å². The van der Waals surface area contributed by atoms with E-state index in [4.69, 9.17) is 0 Å². The van der Waals surface area contributed by atoms with Crippen molar-refractivity contribution in [2.75, 3.05) is 30.4 Å². The van der Waals surface area contributed by atoms with Gasteiger partial charge in [0.15, 0.2) is 0 Å². The van der Waals surface area contributed by atoms with Crippen LogP contribution in [0.25, 0.3) is 0 Å². The molecule has 1 aliphatic heterocycles. The van der Waals surface area contributed by atoms with Crippen LogP contribution < -0.4 is 5.32 Å². The number of alkyl halides is 3. The van der Waals surface area contributed by atoms with Crippen molar-refractivity contribution in [3.8, 4) is 0 Å². The van der Waals surface area contributed by atoms with Crippen LogP contribution in [0.4, 0.5) is 18.9 Å². The molecule has 1 aromatic carbocycles. The van der Waals surface area contributed by atoms with Crippen LogP contribution >= 0.6 is 11.8 Å². The quantitative estimate of drug-likeness (QED) is 0.908. The molecule has 2 rings (SSSR count). The molecule has 1 fully saturated rings. The lowest BCUT2D eigenvalue weighted by atomic mass is 10.1. The highest BCUT2D eigenvalue weighted by Gasteiger charge is 2.35. The molecule has 0 radical (unpaired) electrons. The standard InChI is InChI=1S/C14H17F3N2OS/c1-9-8-21-6-5-19(9)13(20)10-3-4-12(18-2)11(7-10)14(15,16)17/h3-4,7,9,18H,5-6,8H2,1-2H3. The summed E-state index contributed by atoms with van der Waals surface area (Å²) >= 11 is 1.75. The molecule has 0 saturated carbocycles. The summed E-state index contributed by atoms with van der Waals surface area (Å²) in [5.41, 5.74) is -0.753. The summed E-state index contributed by atoms with van der Waals surface area (Å²) in [6.45, 7) is 2.48. The van der Waals surface area contributed by atoms with Gasteiger partial charge in [-0.15, -0.1) is 0 Å². The lowest BCUT2D eigenvalue weighted by Crippen LogP contribution is -2.44. The molecular formula is C14H17F3N2OS. The van der Waals surface area contributed by atoms with Gasteiger partial charge in [-0.05, 0) is 25.1 Å². The fraction of sp³-hybridized carbons (Fsp3) is 0.500. The van der Waals surface area contributed by atoms with Gasteiger partial charge in [-0.25, -0.2) is 0 Å². The van der Waals surface area contributed by atoms with Crippen molar-refractivity contribution >= 4 is 23.4 Å². The van der Waals surface area contributed by atoms with Gasteiger partial charge >= 0.3 is 6.18 Å². The van der Waals surface area contributed by atoms with Crippen LogP contribution in [0, 0.1) is 0 Å². The van der Waals surface area contributed by atoms with Crippen LogP contribution in [0.3, 0.4) is 0 Å². The van der Waals surface area contributed by atoms with E-state index in [-0.39, 0.29) is 23.2 Å². The van der Waals surface area contributed by atoms with Gasteiger partial charge in [-0.3, -0.25) is 4.79 Å². The second kappa shape index (κ2) is 6.17. The second-order valence-corrected chi connectivity index (χ2v) is 6.08. The topological polar surface area (TPSA) is 32.3 Å². The third-order valence-electron chi connectivity index (χ3n) is 3.47. The van der Waals surface area contributed by atoms with Gasteiger partial charge in [-0.2, -0.15) is 24.9 Å². The number of carbonyl (C=O) groups is 1. The van der Waals surface area contributed by atoms with Crippen LogP contribution in [0.2, 0.25) is 0 Å². The summed E-state index contributed by atoms with van der Waals surface area (Å²) in [5.74, 6) is 1.29. The number of rotatable bonds is 2. The number of anilines is 1. The van der Waals surface area contributed by atoms with Gasteiger partial charge < -0.3 is 10.2 Å². The molecule has 1 N–H and O–H groups in total. The molecule has 0 bridgehead atoms. The molecule has 0 aliphatic carbocycles. The molecule has 1 heterocycles. The number of thioether (sulfide) groups is 1. The SMILES string of the molecule is CNc1ccc(C(=O)N2CCSCC2C)cc1C(F)(F)F. The summed E-state index contributed by atoms with van der Waals surface area (Å²) < 4.78 is 39.1. The molecule has 1 amide bonds. The van der Waals surface area contributed by atoms with E-state index in [1.165, 1.54) is 19.2 Å². The van der Waals surface area contributed by atoms with E-state index < -0.39 is 11.7 Å². The minimum absolute atomic E-state index is 0.0266. The zero-order valence-electron chi connectivity index (χ0n) is 11.8. The van der Waals surface area contributed by atoms with Crippen molar-refractivity contribution in [1.82, 2.24) is 4.90 Å². The van der Waals surface area contributed by atoms with Crippen molar-refractivity contribution < 1.29 is 18.0 Å². The number of hydrogen-bond donors (Lipinski definition) is 1. The Morgan fingerprint density at radius 3 is 2.71 bits per heavy atom. The summed E-state index contributed by atoms with van der Waals surface area (Å²) in [6.07, 6.45) is -4.49. The first-order chi connectivity index (χ1) is 9.84. The number of amides is 1.